The lowest BCUT2D eigenvalue weighted by atomic mass is 9.79. The Hall–Kier alpha value is -3.50. The van der Waals surface area contributed by atoms with Crippen LogP contribution >= 0.6 is 11.3 Å². The van der Waals surface area contributed by atoms with E-state index in [1.165, 1.54) is 129 Å². The smallest absolute Gasteiger partial charge is 0.155 e. The Morgan fingerprint density at radius 2 is 1.51 bits per heavy atom. The summed E-state index contributed by atoms with van der Waals surface area (Å²) in [5, 5.41) is 2.82. The van der Waals surface area contributed by atoms with Crippen molar-refractivity contribution in [3.05, 3.63) is 89.0 Å². The molecule has 3 aliphatic carbocycles. The van der Waals surface area contributed by atoms with E-state index < -0.39 is 0 Å². The van der Waals surface area contributed by atoms with Crippen LogP contribution in [0.25, 0.3) is 42.7 Å². The van der Waals surface area contributed by atoms with Crippen molar-refractivity contribution >= 4 is 38.2 Å². The molecule has 0 amide bonds. The quantitative estimate of drug-likeness (QED) is 0.167. The van der Waals surface area contributed by atoms with Gasteiger partial charge in [0.15, 0.2) is 0 Å². The normalized spacial score (nSPS) is 22.7. The number of pyridine rings is 1. The molecule has 3 nitrogen and oxygen atoms in total. The van der Waals surface area contributed by atoms with E-state index in [-0.39, 0.29) is 11.2 Å². The van der Waals surface area contributed by atoms with Crippen LogP contribution in [0.3, 0.4) is 0 Å². The standard InChI is InChI=1S/C47H55N3S/c1-29(2)27-31-21-25-38-32(28-31)22-26-39-41-37(24-23-36-42(41)44-43(46(36,5)6)35-19-13-14-20-40(35)51-44)47(50(38)39)48(33-15-9-7-10-16-33)45(30(3)4)49(47)34-17-11-8-12-18-34/h13-14,19-26,28-30,33-34H,7-12,15-18,27H2,1-6H3/q+2. The number of hydrogen-bond acceptors (Lipinski definition) is 2. The highest BCUT2D eigenvalue weighted by Gasteiger charge is 2.78. The van der Waals surface area contributed by atoms with Gasteiger partial charge in [-0.05, 0) is 110 Å². The van der Waals surface area contributed by atoms with Gasteiger partial charge in [-0.25, -0.2) is 0 Å². The fourth-order valence-electron chi connectivity index (χ4n) is 11.5. The van der Waals surface area contributed by atoms with Gasteiger partial charge in [0, 0.05) is 38.1 Å². The van der Waals surface area contributed by atoms with Crippen molar-refractivity contribution in [2.45, 2.75) is 135 Å². The van der Waals surface area contributed by atoms with E-state index in [4.69, 9.17) is 0 Å². The lowest BCUT2D eigenvalue weighted by molar-refractivity contribution is -0.957. The Kier molecular flexibility index (Phi) is 7.25. The first-order valence-corrected chi connectivity index (χ1v) is 21.2. The number of amidine groups is 1. The first-order chi connectivity index (χ1) is 24.7. The third kappa shape index (κ3) is 4.29. The maximum absolute atomic E-state index is 3.03. The highest BCUT2D eigenvalue weighted by Crippen LogP contribution is 2.62. The Morgan fingerprint density at radius 1 is 0.784 bits per heavy atom. The SMILES string of the molecule is CC(C)Cc1ccc2c(ccc3[n+]2C2(c4ccc5c(c4-3)-c3sc4ccccc4c3C5(C)C)N(C3CCCCC3)C(C(C)C)=[N+]2C2CCCCC2)c1. The van der Waals surface area contributed by atoms with Crippen LogP contribution in [0.1, 0.15) is 128 Å². The summed E-state index contributed by atoms with van der Waals surface area (Å²) in [4.78, 5) is 4.53. The molecule has 4 heterocycles. The van der Waals surface area contributed by atoms with Crippen LogP contribution in [0.15, 0.2) is 66.7 Å². The number of fused-ring (bicyclic) bond motifs is 13. The topological polar surface area (TPSA) is 10.1 Å². The van der Waals surface area contributed by atoms with Gasteiger partial charge >= 0.3 is 5.79 Å². The molecule has 2 aliphatic heterocycles. The molecule has 5 aliphatic rings. The van der Waals surface area contributed by atoms with Gasteiger partial charge < -0.3 is 0 Å². The maximum atomic E-state index is 3.03. The minimum absolute atomic E-state index is 0.0522. The van der Waals surface area contributed by atoms with E-state index in [0.29, 0.717) is 23.9 Å². The molecule has 262 valence electrons. The molecule has 0 N–H and O–H groups in total. The van der Waals surface area contributed by atoms with Gasteiger partial charge in [-0.15, -0.1) is 15.9 Å². The van der Waals surface area contributed by atoms with Crippen molar-refractivity contribution in [1.82, 2.24) is 4.90 Å². The zero-order chi connectivity index (χ0) is 34.8. The van der Waals surface area contributed by atoms with Crippen molar-refractivity contribution in [3.8, 4) is 21.7 Å². The molecule has 2 saturated carbocycles. The molecule has 0 saturated heterocycles. The first kappa shape index (κ1) is 32.2. The molecule has 10 rings (SSSR count). The molecule has 0 radical (unpaired) electrons. The van der Waals surface area contributed by atoms with E-state index in [1.807, 2.05) is 11.3 Å². The van der Waals surface area contributed by atoms with Gasteiger partial charge in [0.1, 0.15) is 17.6 Å². The molecular formula is C47H55N3S+2. The second kappa shape index (κ2) is 11.5. The Balaban J connectivity index is 1.34. The lowest BCUT2D eigenvalue weighted by Crippen LogP contribution is -2.84. The number of aromatic nitrogens is 1. The van der Waals surface area contributed by atoms with Crippen LogP contribution in [0.2, 0.25) is 0 Å². The van der Waals surface area contributed by atoms with Crippen LogP contribution < -0.4 is 4.57 Å². The summed E-state index contributed by atoms with van der Waals surface area (Å²) in [6.07, 6.45) is 14.4. The monoisotopic (exact) mass is 693 g/mol. The molecule has 51 heavy (non-hydrogen) atoms. The molecular weight excluding hydrogens is 639 g/mol. The summed E-state index contributed by atoms with van der Waals surface area (Å²) in [5.74, 6) is 2.37. The molecule has 1 atom stereocenters. The molecule has 2 aromatic heterocycles. The fraction of sp³-hybridized carbons (Fsp3) is 0.489. The summed E-state index contributed by atoms with van der Waals surface area (Å²) in [5.41, 5.74) is 11.8. The molecule has 3 aromatic carbocycles. The summed E-state index contributed by atoms with van der Waals surface area (Å²) < 4.78 is 7.34. The summed E-state index contributed by atoms with van der Waals surface area (Å²) >= 11 is 2.03. The lowest BCUT2D eigenvalue weighted by Gasteiger charge is -2.50. The van der Waals surface area contributed by atoms with Gasteiger partial charge in [-0.2, -0.15) is 9.48 Å². The third-order valence-corrected chi connectivity index (χ3v) is 14.6. The van der Waals surface area contributed by atoms with Crippen LogP contribution in [0.4, 0.5) is 0 Å². The highest BCUT2D eigenvalue weighted by molar-refractivity contribution is 7.22. The predicted molar refractivity (Wildman–Crippen MR) is 214 cm³/mol. The first-order valence-electron chi connectivity index (χ1n) is 20.4. The Morgan fingerprint density at radius 3 is 2.25 bits per heavy atom. The van der Waals surface area contributed by atoms with Gasteiger partial charge in [-0.3, -0.25) is 0 Å². The number of rotatable bonds is 5. The summed E-state index contributed by atoms with van der Waals surface area (Å²) in [6, 6.07) is 27.9. The van der Waals surface area contributed by atoms with Crippen LogP contribution in [-0.2, 0) is 17.6 Å². The maximum Gasteiger partial charge on any atom is 0.479 e. The Labute approximate surface area is 309 Å². The highest BCUT2D eigenvalue weighted by atomic mass is 32.1. The van der Waals surface area contributed by atoms with Crippen LogP contribution in [0.5, 0.6) is 0 Å². The van der Waals surface area contributed by atoms with E-state index in [2.05, 4.69) is 122 Å². The van der Waals surface area contributed by atoms with Crippen molar-refractivity contribution in [1.29, 1.82) is 0 Å². The molecule has 1 unspecified atom stereocenters. The predicted octanol–water partition coefficient (Wildman–Crippen LogP) is 11.5. The van der Waals surface area contributed by atoms with E-state index in [9.17, 15) is 0 Å². The van der Waals surface area contributed by atoms with Crippen LogP contribution in [-0.4, -0.2) is 27.4 Å². The zero-order valence-corrected chi connectivity index (χ0v) is 32.5. The molecule has 2 fully saturated rings. The molecule has 5 aromatic rings. The van der Waals surface area contributed by atoms with Gasteiger partial charge in [0.2, 0.25) is 11.2 Å². The Bertz CT molecular complexity index is 2260. The minimum atomic E-state index is -0.355. The number of nitrogens with zero attached hydrogens (tertiary/aromatic N) is 3. The third-order valence-electron chi connectivity index (χ3n) is 13.5. The van der Waals surface area contributed by atoms with Crippen LogP contribution in [0, 0.1) is 11.8 Å². The van der Waals surface area contributed by atoms with Gasteiger partial charge in [0.05, 0.1) is 11.5 Å². The molecule has 0 bridgehead atoms. The average Bonchev–Trinajstić information content (AvgIpc) is 3.73. The van der Waals surface area contributed by atoms with Crippen molar-refractivity contribution in [2.75, 3.05) is 0 Å². The van der Waals surface area contributed by atoms with Crippen molar-refractivity contribution in [2.24, 2.45) is 11.8 Å². The van der Waals surface area contributed by atoms with E-state index >= 15 is 0 Å². The van der Waals surface area contributed by atoms with Gasteiger partial charge in [-0.1, -0.05) is 84.7 Å². The fourth-order valence-corrected chi connectivity index (χ4v) is 13.0. The van der Waals surface area contributed by atoms with E-state index in [0.717, 1.165) is 6.42 Å². The second-order valence-corrected chi connectivity index (χ2v) is 18.9. The number of benzene rings is 3. The summed E-state index contributed by atoms with van der Waals surface area (Å²) in [6.45, 7) is 14.6. The van der Waals surface area contributed by atoms with E-state index in [1.54, 1.807) is 5.84 Å². The minimum Gasteiger partial charge on any atom is -0.155 e. The van der Waals surface area contributed by atoms with Crippen molar-refractivity contribution < 1.29 is 9.14 Å². The van der Waals surface area contributed by atoms with Crippen molar-refractivity contribution in [3.63, 3.8) is 0 Å². The number of hydrogen-bond donors (Lipinski definition) is 0. The largest absolute Gasteiger partial charge is 0.479 e. The molecule has 1 spiro atoms. The zero-order valence-electron chi connectivity index (χ0n) is 31.7. The second-order valence-electron chi connectivity index (χ2n) is 17.9. The van der Waals surface area contributed by atoms with Gasteiger partial charge in [0.25, 0.3) is 5.84 Å². The molecule has 4 heteroatoms. The number of thiophene rings is 1. The summed E-state index contributed by atoms with van der Waals surface area (Å²) in [7, 11) is 0. The average molecular weight is 694 g/mol.